The minimum absolute atomic E-state index is 0.0175. The van der Waals surface area contributed by atoms with E-state index in [2.05, 4.69) is 4.72 Å². The summed E-state index contributed by atoms with van der Waals surface area (Å²) < 4.78 is 27.5. The van der Waals surface area contributed by atoms with Gasteiger partial charge in [0.25, 0.3) is 0 Å². The minimum Gasteiger partial charge on any atom is -0.326 e. The van der Waals surface area contributed by atoms with Gasteiger partial charge in [-0.1, -0.05) is 23.2 Å². The maximum atomic E-state index is 12.5. The summed E-state index contributed by atoms with van der Waals surface area (Å²) in [4.78, 5) is -0.0175. The van der Waals surface area contributed by atoms with Crippen molar-refractivity contribution >= 4 is 44.6 Å². The number of hydrogen-bond donors (Lipinski definition) is 2. The molecule has 114 valence electrons. The van der Waals surface area contributed by atoms with Crippen LogP contribution in [0, 0.1) is 0 Å². The van der Waals surface area contributed by atoms with E-state index in [1.165, 1.54) is 23.5 Å². The lowest BCUT2D eigenvalue weighted by molar-refractivity contribution is 0.567. The van der Waals surface area contributed by atoms with Crippen LogP contribution in [0.4, 0.5) is 0 Å². The van der Waals surface area contributed by atoms with Gasteiger partial charge in [0.05, 0.1) is 5.02 Å². The Balaban J connectivity index is 2.36. The molecule has 2 rings (SSSR count). The molecule has 0 spiro atoms. The highest BCUT2D eigenvalue weighted by atomic mass is 35.5. The normalized spacial score (nSPS) is 13.3. The fourth-order valence-electron chi connectivity index (χ4n) is 1.82. The summed E-state index contributed by atoms with van der Waals surface area (Å²) in [6.07, 6.45) is 0. The molecule has 0 radical (unpaired) electrons. The van der Waals surface area contributed by atoms with E-state index in [0.717, 1.165) is 5.56 Å². The minimum atomic E-state index is -3.76. The standard InChI is InChI=1S/C13H14Cl2N2O2S2/c1-8(9-2-3-20-7-9)17-21(18,19)13-4-10(6-16)11(14)5-12(13)15/h2-5,7-8,17H,6,16H2,1H3. The van der Waals surface area contributed by atoms with Crippen molar-refractivity contribution in [3.05, 3.63) is 50.1 Å². The third-order valence-electron chi connectivity index (χ3n) is 2.99. The van der Waals surface area contributed by atoms with E-state index in [1.807, 2.05) is 16.8 Å². The summed E-state index contributed by atoms with van der Waals surface area (Å²) in [5, 5.41) is 4.21. The van der Waals surface area contributed by atoms with Gasteiger partial charge in [0.15, 0.2) is 0 Å². The number of hydrogen-bond acceptors (Lipinski definition) is 4. The van der Waals surface area contributed by atoms with Crippen molar-refractivity contribution in [2.75, 3.05) is 0 Å². The van der Waals surface area contributed by atoms with Crippen molar-refractivity contribution in [2.24, 2.45) is 5.73 Å². The van der Waals surface area contributed by atoms with Gasteiger partial charge >= 0.3 is 0 Å². The lowest BCUT2D eigenvalue weighted by Crippen LogP contribution is -2.27. The Morgan fingerprint density at radius 2 is 2.05 bits per heavy atom. The van der Waals surface area contributed by atoms with Crippen molar-refractivity contribution in [1.29, 1.82) is 0 Å². The highest BCUT2D eigenvalue weighted by molar-refractivity contribution is 7.89. The molecule has 3 N–H and O–H groups in total. The highest BCUT2D eigenvalue weighted by Gasteiger charge is 2.22. The maximum Gasteiger partial charge on any atom is 0.242 e. The van der Waals surface area contributed by atoms with Crippen LogP contribution in [-0.4, -0.2) is 8.42 Å². The Kier molecular flexibility index (Phi) is 5.29. The molecule has 1 atom stereocenters. The van der Waals surface area contributed by atoms with Crippen LogP contribution >= 0.6 is 34.5 Å². The van der Waals surface area contributed by atoms with E-state index in [4.69, 9.17) is 28.9 Å². The lowest BCUT2D eigenvalue weighted by Gasteiger charge is -2.15. The molecule has 8 heteroatoms. The number of sulfonamides is 1. The van der Waals surface area contributed by atoms with Gasteiger partial charge in [-0.25, -0.2) is 13.1 Å². The smallest absolute Gasteiger partial charge is 0.242 e. The average Bonchev–Trinajstić information content (AvgIpc) is 2.91. The molecule has 0 aliphatic heterocycles. The Labute approximate surface area is 137 Å². The van der Waals surface area contributed by atoms with Crippen LogP contribution in [-0.2, 0) is 16.6 Å². The summed E-state index contributed by atoms with van der Waals surface area (Å²) >= 11 is 13.5. The molecule has 0 bridgehead atoms. The summed E-state index contributed by atoms with van der Waals surface area (Å²) in [7, 11) is -3.76. The van der Waals surface area contributed by atoms with Crippen LogP contribution in [0.1, 0.15) is 24.1 Å². The molecule has 0 fully saturated rings. The molecule has 0 saturated heterocycles. The molecular formula is C13H14Cl2N2O2S2. The van der Waals surface area contributed by atoms with Crippen molar-refractivity contribution in [3.8, 4) is 0 Å². The van der Waals surface area contributed by atoms with Gasteiger partial charge in [0.2, 0.25) is 10.0 Å². The number of benzene rings is 1. The van der Waals surface area contributed by atoms with E-state index in [1.54, 1.807) is 6.92 Å². The first kappa shape index (κ1) is 16.7. The molecule has 2 aromatic rings. The van der Waals surface area contributed by atoms with E-state index in [-0.39, 0.29) is 22.5 Å². The quantitative estimate of drug-likeness (QED) is 0.851. The van der Waals surface area contributed by atoms with Crippen LogP contribution in [0.5, 0.6) is 0 Å². The van der Waals surface area contributed by atoms with E-state index < -0.39 is 10.0 Å². The van der Waals surface area contributed by atoms with Gasteiger partial charge in [-0.15, -0.1) is 0 Å². The molecule has 0 aliphatic rings. The molecule has 1 heterocycles. The third-order valence-corrected chi connectivity index (χ3v) is 6.04. The van der Waals surface area contributed by atoms with Crippen molar-refractivity contribution in [2.45, 2.75) is 24.4 Å². The zero-order chi connectivity index (χ0) is 15.6. The Morgan fingerprint density at radius 3 is 2.62 bits per heavy atom. The number of rotatable bonds is 5. The second-order valence-electron chi connectivity index (χ2n) is 4.48. The fourth-order valence-corrected chi connectivity index (χ4v) is 4.68. The van der Waals surface area contributed by atoms with Crippen LogP contribution in [0.2, 0.25) is 10.0 Å². The number of thiophene rings is 1. The second-order valence-corrected chi connectivity index (χ2v) is 7.75. The van der Waals surface area contributed by atoms with Crippen LogP contribution in [0.25, 0.3) is 0 Å². The number of halogens is 2. The number of nitrogens with two attached hydrogens (primary N) is 1. The van der Waals surface area contributed by atoms with Gasteiger partial charge in [-0.3, -0.25) is 0 Å². The van der Waals surface area contributed by atoms with Gasteiger partial charge < -0.3 is 5.73 Å². The van der Waals surface area contributed by atoms with Gasteiger partial charge in [0, 0.05) is 17.6 Å². The summed E-state index contributed by atoms with van der Waals surface area (Å²) in [5.74, 6) is 0. The monoisotopic (exact) mass is 364 g/mol. The average molecular weight is 365 g/mol. The molecule has 1 aromatic carbocycles. The third kappa shape index (κ3) is 3.77. The summed E-state index contributed by atoms with van der Waals surface area (Å²) in [6.45, 7) is 1.91. The second kappa shape index (κ2) is 6.64. The predicted molar refractivity (Wildman–Crippen MR) is 87.4 cm³/mol. The molecule has 21 heavy (non-hydrogen) atoms. The molecular weight excluding hydrogens is 351 g/mol. The zero-order valence-electron chi connectivity index (χ0n) is 11.1. The Bertz CT molecular complexity index is 731. The van der Waals surface area contributed by atoms with E-state index >= 15 is 0 Å². The Morgan fingerprint density at radius 1 is 1.33 bits per heavy atom. The van der Waals surface area contributed by atoms with Gasteiger partial charge in [-0.05, 0) is 47.0 Å². The van der Waals surface area contributed by atoms with Crippen molar-refractivity contribution in [1.82, 2.24) is 4.72 Å². The highest BCUT2D eigenvalue weighted by Crippen LogP contribution is 2.29. The summed E-state index contributed by atoms with van der Waals surface area (Å²) in [6, 6.07) is 4.32. The lowest BCUT2D eigenvalue weighted by atomic mass is 10.2. The van der Waals surface area contributed by atoms with Gasteiger partial charge in [-0.2, -0.15) is 11.3 Å². The Hall–Kier alpha value is -0.630. The SMILES string of the molecule is CC(NS(=O)(=O)c1cc(CN)c(Cl)cc1Cl)c1ccsc1. The topological polar surface area (TPSA) is 72.2 Å². The van der Waals surface area contributed by atoms with E-state index in [9.17, 15) is 8.42 Å². The van der Waals surface area contributed by atoms with Crippen LogP contribution < -0.4 is 10.5 Å². The molecule has 0 amide bonds. The first-order valence-corrected chi connectivity index (χ1v) is 9.25. The first-order valence-electron chi connectivity index (χ1n) is 6.07. The predicted octanol–water partition coefficient (Wildman–Crippen LogP) is 3.55. The van der Waals surface area contributed by atoms with E-state index in [0.29, 0.717) is 10.6 Å². The first-order chi connectivity index (χ1) is 9.85. The van der Waals surface area contributed by atoms with Crippen molar-refractivity contribution < 1.29 is 8.42 Å². The maximum absolute atomic E-state index is 12.5. The van der Waals surface area contributed by atoms with Crippen LogP contribution in [0.3, 0.4) is 0 Å². The molecule has 1 unspecified atom stereocenters. The zero-order valence-corrected chi connectivity index (χ0v) is 14.3. The molecule has 4 nitrogen and oxygen atoms in total. The fraction of sp³-hybridized carbons (Fsp3) is 0.231. The van der Waals surface area contributed by atoms with Crippen molar-refractivity contribution in [3.63, 3.8) is 0 Å². The largest absolute Gasteiger partial charge is 0.326 e. The molecule has 0 aliphatic carbocycles. The molecule has 1 aromatic heterocycles. The van der Waals surface area contributed by atoms with Crippen LogP contribution in [0.15, 0.2) is 33.9 Å². The number of nitrogens with one attached hydrogen (secondary N) is 1. The molecule has 0 saturated carbocycles. The summed E-state index contributed by atoms with van der Waals surface area (Å²) in [5.41, 5.74) is 6.98. The van der Waals surface area contributed by atoms with Gasteiger partial charge in [0.1, 0.15) is 4.90 Å².